The molecule has 0 bridgehead atoms. The van der Waals surface area contributed by atoms with E-state index in [1.54, 1.807) is 19.2 Å². The van der Waals surface area contributed by atoms with Crippen molar-refractivity contribution in [2.75, 3.05) is 47.6 Å². The van der Waals surface area contributed by atoms with Gasteiger partial charge in [0.05, 0.1) is 31.7 Å². The van der Waals surface area contributed by atoms with Crippen LogP contribution in [-0.2, 0) is 22.3 Å². The van der Waals surface area contributed by atoms with Gasteiger partial charge >= 0.3 is 0 Å². The molecule has 1 atom stereocenters. The number of fused-ring (bicyclic) bond motifs is 1. The molecule has 258 valence electrons. The Morgan fingerprint density at radius 3 is 2.35 bits per heavy atom. The van der Waals surface area contributed by atoms with Gasteiger partial charge in [0.1, 0.15) is 29.0 Å². The second-order valence-corrected chi connectivity index (χ2v) is 13.8. The van der Waals surface area contributed by atoms with Gasteiger partial charge in [0, 0.05) is 47.7 Å². The molecule has 0 fully saturated rings. The Morgan fingerprint density at radius 2 is 1.67 bits per heavy atom. The molecule has 1 aliphatic carbocycles. The third-order valence-corrected chi connectivity index (χ3v) is 9.96. The first-order chi connectivity index (χ1) is 23.1. The van der Waals surface area contributed by atoms with Crippen molar-refractivity contribution in [3.63, 3.8) is 0 Å². The summed E-state index contributed by atoms with van der Waals surface area (Å²) in [6, 6.07) is 15.0. The van der Waals surface area contributed by atoms with E-state index in [-0.39, 0.29) is 22.9 Å². The predicted octanol–water partition coefficient (Wildman–Crippen LogP) is 8.67. The molecule has 1 aliphatic rings. The van der Waals surface area contributed by atoms with E-state index >= 15 is 8.78 Å². The van der Waals surface area contributed by atoms with Crippen molar-refractivity contribution in [3.8, 4) is 17.2 Å². The number of ether oxygens (including phenoxy) is 3. The highest BCUT2D eigenvalue weighted by Crippen LogP contribution is 2.46. The molecular weight excluding hydrogens is 635 g/mol. The summed E-state index contributed by atoms with van der Waals surface area (Å²) in [5, 5.41) is 0.606. The average Bonchev–Trinajstić information content (AvgIpc) is 3.43. The number of thioether (sulfide) groups is 1. The summed E-state index contributed by atoms with van der Waals surface area (Å²) in [6.45, 7) is 6.88. The van der Waals surface area contributed by atoms with E-state index in [4.69, 9.17) is 19.2 Å². The third-order valence-electron chi connectivity index (χ3n) is 8.99. The summed E-state index contributed by atoms with van der Waals surface area (Å²) in [7, 11) is 5.68. The minimum Gasteiger partial charge on any atom is -0.496 e. The molecule has 0 saturated carbocycles. The fraction of sp³-hybridized carbons (Fsp3) is 0.447. The fourth-order valence-electron chi connectivity index (χ4n) is 6.30. The number of methoxy groups -OCH3 is 1. The summed E-state index contributed by atoms with van der Waals surface area (Å²) < 4.78 is 63.5. The van der Waals surface area contributed by atoms with Crippen LogP contribution in [0, 0.1) is 24.4 Å². The molecule has 0 aliphatic heterocycles. The van der Waals surface area contributed by atoms with E-state index in [2.05, 4.69) is 24.0 Å². The van der Waals surface area contributed by atoms with Crippen molar-refractivity contribution in [1.29, 1.82) is 0 Å². The van der Waals surface area contributed by atoms with Crippen molar-refractivity contribution >= 4 is 11.8 Å². The Balaban J connectivity index is 1.33. The van der Waals surface area contributed by atoms with E-state index in [9.17, 15) is 4.39 Å². The van der Waals surface area contributed by atoms with Crippen LogP contribution in [-0.4, -0.2) is 62.0 Å². The molecule has 1 unspecified atom stereocenters. The van der Waals surface area contributed by atoms with E-state index in [0.29, 0.717) is 25.0 Å². The van der Waals surface area contributed by atoms with Crippen LogP contribution in [0.15, 0.2) is 59.8 Å². The maximum absolute atomic E-state index is 15.3. The molecule has 0 spiro atoms. The molecule has 0 N–H and O–H groups in total. The molecule has 4 aromatic rings. The van der Waals surface area contributed by atoms with Crippen molar-refractivity contribution in [2.24, 2.45) is 0 Å². The second kappa shape index (κ2) is 16.3. The molecule has 48 heavy (non-hydrogen) atoms. The Bertz CT molecular complexity index is 1650. The van der Waals surface area contributed by atoms with E-state index < -0.39 is 17.0 Å². The monoisotopic (exact) mass is 681 g/mol. The molecule has 3 aromatic carbocycles. The van der Waals surface area contributed by atoms with Crippen LogP contribution in [0.25, 0.3) is 5.69 Å². The topological polar surface area (TPSA) is 48.8 Å². The van der Waals surface area contributed by atoms with Crippen LogP contribution < -0.4 is 9.47 Å². The summed E-state index contributed by atoms with van der Waals surface area (Å²) in [6.07, 6.45) is 5.19. The Morgan fingerprint density at radius 1 is 0.938 bits per heavy atom. The molecule has 0 saturated heterocycles. The number of aromatic nitrogens is 2. The quantitative estimate of drug-likeness (QED) is 0.0872. The lowest BCUT2D eigenvalue weighted by Gasteiger charge is -2.36. The summed E-state index contributed by atoms with van der Waals surface area (Å²) in [5.74, 6) is -0.633. The summed E-state index contributed by atoms with van der Waals surface area (Å²) >= 11 is 1.27. The standard InChI is InChI=1S/C38H46F3N3O3S/c1-26-22-27(11-16-35(26)45-5)38(2)17-9-10-34-36(38)44(29-14-12-28(39)13-15-29)37(42-34)48-25-31-32(40)23-30(24-33(31)41)47-20-8-6-7-19-46-21-18-43(3)4/h11-16,22-24H,6-10,17-21,25H2,1-5H3. The first kappa shape index (κ1) is 35.8. The third kappa shape index (κ3) is 8.39. The smallest absolute Gasteiger partial charge is 0.173 e. The van der Waals surface area contributed by atoms with Gasteiger partial charge in [0.15, 0.2) is 5.16 Å². The number of benzene rings is 3. The summed E-state index contributed by atoms with van der Waals surface area (Å²) in [5.41, 5.74) is 4.41. The van der Waals surface area contributed by atoms with Crippen molar-refractivity contribution in [3.05, 3.63) is 100 Å². The zero-order chi connectivity index (χ0) is 34.3. The summed E-state index contributed by atoms with van der Waals surface area (Å²) in [4.78, 5) is 7.11. The van der Waals surface area contributed by atoms with E-state index in [1.807, 2.05) is 31.7 Å². The number of hydrogen-bond acceptors (Lipinski definition) is 6. The number of likely N-dealkylation sites (N-methyl/N-ethyl adjacent to an activating group) is 1. The molecule has 1 aromatic heterocycles. The van der Waals surface area contributed by atoms with Crippen LogP contribution in [0.2, 0.25) is 0 Å². The molecule has 1 heterocycles. The van der Waals surface area contributed by atoms with Gasteiger partial charge in [-0.3, -0.25) is 4.57 Å². The predicted molar refractivity (Wildman–Crippen MR) is 185 cm³/mol. The van der Waals surface area contributed by atoms with Gasteiger partial charge in [-0.05, 0) is 108 Å². The first-order valence-corrected chi connectivity index (χ1v) is 17.6. The van der Waals surface area contributed by atoms with Gasteiger partial charge in [-0.15, -0.1) is 0 Å². The highest BCUT2D eigenvalue weighted by atomic mass is 32.2. The zero-order valence-electron chi connectivity index (χ0n) is 28.6. The number of aryl methyl sites for hydroxylation is 2. The number of imidazole rings is 1. The molecule has 6 nitrogen and oxygen atoms in total. The van der Waals surface area contributed by atoms with E-state index in [1.165, 1.54) is 36.0 Å². The number of unbranched alkanes of at least 4 members (excludes halogenated alkanes) is 2. The van der Waals surface area contributed by atoms with E-state index in [0.717, 1.165) is 79.0 Å². The van der Waals surface area contributed by atoms with Crippen LogP contribution in [0.5, 0.6) is 11.5 Å². The van der Waals surface area contributed by atoms with Gasteiger partial charge in [-0.2, -0.15) is 0 Å². The average molecular weight is 682 g/mol. The van der Waals surface area contributed by atoms with Crippen LogP contribution in [0.4, 0.5) is 13.2 Å². The fourth-order valence-corrected chi connectivity index (χ4v) is 7.35. The number of rotatable bonds is 16. The number of nitrogens with zero attached hydrogens (tertiary/aromatic N) is 3. The molecule has 0 radical (unpaired) electrons. The lowest BCUT2D eigenvalue weighted by Crippen LogP contribution is -2.31. The lowest BCUT2D eigenvalue weighted by molar-refractivity contribution is 0.113. The highest BCUT2D eigenvalue weighted by Gasteiger charge is 2.40. The Hall–Kier alpha value is -3.47. The van der Waals surface area contributed by atoms with Gasteiger partial charge in [0.25, 0.3) is 0 Å². The number of halogens is 3. The minimum atomic E-state index is -0.657. The first-order valence-electron chi connectivity index (χ1n) is 16.6. The van der Waals surface area contributed by atoms with Crippen molar-refractivity contribution in [2.45, 2.75) is 68.7 Å². The Labute approximate surface area is 286 Å². The number of hydrogen-bond donors (Lipinski definition) is 0. The van der Waals surface area contributed by atoms with Gasteiger partial charge in [0.2, 0.25) is 0 Å². The normalized spacial score (nSPS) is 15.9. The maximum Gasteiger partial charge on any atom is 0.173 e. The van der Waals surface area contributed by atoms with Crippen molar-refractivity contribution in [1.82, 2.24) is 14.5 Å². The molecule has 0 amide bonds. The largest absolute Gasteiger partial charge is 0.496 e. The second-order valence-electron chi connectivity index (χ2n) is 12.9. The Kier molecular flexibility index (Phi) is 12.2. The van der Waals surface area contributed by atoms with Gasteiger partial charge < -0.3 is 19.1 Å². The zero-order valence-corrected chi connectivity index (χ0v) is 29.4. The van der Waals surface area contributed by atoms with Crippen molar-refractivity contribution < 1.29 is 27.4 Å². The van der Waals surface area contributed by atoms with Crippen LogP contribution >= 0.6 is 11.8 Å². The van der Waals surface area contributed by atoms with Crippen LogP contribution in [0.1, 0.15) is 67.1 Å². The molecule has 10 heteroatoms. The molecule has 5 rings (SSSR count). The minimum absolute atomic E-state index is 0.0290. The van der Waals surface area contributed by atoms with Crippen LogP contribution in [0.3, 0.4) is 0 Å². The SMILES string of the molecule is COc1ccc(C2(C)CCCc3nc(SCc4c(F)cc(OCCCCCOCCN(C)C)cc4F)n(-c4ccc(F)cc4)c32)cc1C. The van der Waals surface area contributed by atoms with Gasteiger partial charge in [-0.1, -0.05) is 23.9 Å². The van der Waals surface area contributed by atoms with Gasteiger partial charge in [-0.25, -0.2) is 18.2 Å². The molecular formula is C38H46F3N3O3S. The maximum atomic E-state index is 15.3. The lowest BCUT2D eigenvalue weighted by atomic mass is 9.71. The highest BCUT2D eigenvalue weighted by molar-refractivity contribution is 7.98.